The lowest BCUT2D eigenvalue weighted by atomic mass is 10.0. The normalized spacial score (nSPS) is 17.6. The Morgan fingerprint density at radius 1 is 1.18 bits per heavy atom. The number of thioether (sulfide) groups is 1. The number of aromatic nitrogens is 2. The molecule has 4 rings (SSSR count). The second-order valence-corrected chi connectivity index (χ2v) is 10.2. The lowest BCUT2D eigenvalue weighted by molar-refractivity contribution is -0.169. The first-order valence-corrected chi connectivity index (χ1v) is 12.9. The summed E-state index contributed by atoms with van der Waals surface area (Å²) in [6, 6.07) is 9.48. The molecule has 2 fully saturated rings. The van der Waals surface area contributed by atoms with Gasteiger partial charge in [-0.15, -0.1) is 0 Å². The number of carbonyl (C=O) groups excluding carboxylic acids is 1. The van der Waals surface area contributed by atoms with Crippen LogP contribution in [0.25, 0.3) is 0 Å². The Balaban J connectivity index is 1.31. The predicted octanol–water partition coefficient (Wildman–Crippen LogP) is 4.54. The van der Waals surface area contributed by atoms with Crippen molar-refractivity contribution in [3.05, 3.63) is 46.6 Å². The highest BCUT2D eigenvalue weighted by Crippen LogP contribution is 2.33. The van der Waals surface area contributed by atoms with Gasteiger partial charge in [0.05, 0.1) is 13.2 Å². The molecule has 0 radical (unpaired) electrons. The van der Waals surface area contributed by atoms with Crippen molar-refractivity contribution in [2.45, 2.75) is 49.8 Å². The molecule has 1 amide bonds. The Labute approximate surface area is 204 Å². The maximum absolute atomic E-state index is 12.3. The summed E-state index contributed by atoms with van der Waals surface area (Å²) in [5.74, 6) is 1.65. The molecule has 0 aliphatic carbocycles. The van der Waals surface area contributed by atoms with Crippen molar-refractivity contribution in [2.75, 3.05) is 37.7 Å². The summed E-state index contributed by atoms with van der Waals surface area (Å²) in [6.07, 6.45) is 2.60. The highest BCUT2D eigenvalue weighted by atomic mass is 35.5. The van der Waals surface area contributed by atoms with Crippen molar-refractivity contribution >= 4 is 35.1 Å². The van der Waals surface area contributed by atoms with E-state index < -0.39 is 5.79 Å². The molecule has 1 aromatic heterocycles. The molecule has 0 saturated carbocycles. The third-order valence-electron chi connectivity index (χ3n) is 5.91. The van der Waals surface area contributed by atoms with Gasteiger partial charge in [0.2, 0.25) is 0 Å². The number of carbonyl (C=O) groups is 1. The van der Waals surface area contributed by atoms with E-state index in [0.717, 1.165) is 43.7 Å². The SMILES string of the molecule is CC(C)CCNC(=O)c1ccc(CSc2nc(Cl)cc(N3CCC4(CC3)OCCO4)n2)cc1. The van der Waals surface area contributed by atoms with Gasteiger partial charge >= 0.3 is 0 Å². The van der Waals surface area contributed by atoms with E-state index >= 15 is 0 Å². The van der Waals surface area contributed by atoms with Gasteiger partial charge < -0.3 is 19.7 Å². The third kappa shape index (κ3) is 6.59. The molecular weight excluding hydrogens is 460 g/mol. The van der Waals surface area contributed by atoms with Crippen LogP contribution in [0.15, 0.2) is 35.5 Å². The van der Waals surface area contributed by atoms with Gasteiger partial charge in [0, 0.05) is 49.9 Å². The van der Waals surface area contributed by atoms with Gasteiger partial charge in [0.25, 0.3) is 5.91 Å². The maximum Gasteiger partial charge on any atom is 0.251 e. The number of benzene rings is 1. The highest BCUT2D eigenvalue weighted by molar-refractivity contribution is 7.98. The van der Waals surface area contributed by atoms with E-state index in [-0.39, 0.29) is 5.91 Å². The van der Waals surface area contributed by atoms with Crippen LogP contribution in [-0.2, 0) is 15.2 Å². The monoisotopic (exact) mass is 490 g/mol. The zero-order valence-electron chi connectivity index (χ0n) is 19.2. The molecule has 2 aromatic rings. The number of hydrogen-bond donors (Lipinski definition) is 1. The van der Waals surface area contributed by atoms with Crippen LogP contribution >= 0.6 is 23.4 Å². The third-order valence-corrected chi connectivity index (χ3v) is 7.03. The molecule has 0 atom stereocenters. The molecule has 9 heteroatoms. The first kappa shape index (κ1) is 24.3. The van der Waals surface area contributed by atoms with Crippen molar-refractivity contribution in [1.29, 1.82) is 0 Å². The lowest BCUT2D eigenvalue weighted by Crippen LogP contribution is -2.45. The largest absolute Gasteiger partial charge is 0.356 e. The quantitative estimate of drug-likeness (QED) is 0.330. The summed E-state index contributed by atoms with van der Waals surface area (Å²) < 4.78 is 11.6. The molecule has 2 aliphatic rings. The number of amides is 1. The zero-order chi connectivity index (χ0) is 23.3. The highest BCUT2D eigenvalue weighted by Gasteiger charge is 2.40. The van der Waals surface area contributed by atoms with Gasteiger partial charge in [-0.3, -0.25) is 4.79 Å². The molecular formula is C24H31ClN4O3S. The fraction of sp³-hybridized carbons (Fsp3) is 0.542. The Morgan fingerprint density at radius 2 is 1.88 bits per heavy atom. The Kier molecular flexibility index (Phi) is 8.11. The summed E-state index contributed by atoms with van der Waals surface area (Å²) in [5.41, 5.74) is 1.77. The predicted molar refractivity (Wildman–Crippen MR) is 131 cm³/mol. The number of halogens is 1. The molecule has 1 N–H and O–H groups in total. The average Bonchev–Trinajstić information content (AvgIpc) is 3.25. The van der Waals surface area contributed by atoms with Gasteiger partial charge in [-0.1, -0.05) is 49.3 Å². The number of hydrogen-bond acceptors (Lipinski definition) is 7. The van der Waals surface area contributed by atoms with E-state index in [2.05, 4.69) is 29.0 Å². The average molecular weight is 491 g/mol. The Morgan fingerprint density at radius 3 is 2.55 bits per heavy atom. The van der Waals surface area contributed by atoms with Crippen LogP contribution in [0.5, 0.6) is 0 Å². The van der Waals surface area contributed by atoms with Crippen LogP contribution in [0, 0.1) is 5.92 Å². The fourth-order valence-corrected chi connectivity index (χ4v) is 4.99. The van der Waals surface area contributed by atoms with Gasteiger partial charge in [-0.2, -0.15) is 0 Å². The van der Waals surface area contributed by atoms with Crippen LogP contribution in [-0.4, -0.2) is 54.5 Å². The summed E-state index contributed by atoms with van der Waals surface area (Å²) in [6.45, 7) is 7.94. The number of nitrogens with zero attached hydrogens (tertiary/aromatic N) is 3. The molecule has 3 heterocycles. The first-order valence-electron chi connectivity index (χ1n) is 11.5. The van der Waals surface area contributed by atoms with Crippen molar-refractivity contribution in [2.24, 2.45) is 5.92 Å². The van der Waals surface area contributed by atoms with Crippen LogP contribution in [0.1, 0.15) is 49.0 Å². The summed E-state index contributed by atoms with van der Waals surface area (Å²) >= 11 is 7.84. The van der Waals surface area contributed by atoms with Crippen molar-refractivity contribution < 1.29 is 14.3 Å². The van der Waals surface area contributed by atoms with E-state index in [4.69, 9.17) is 26.1 Å². The summed E-state index contributed by atoms with van der Waals surface area (Å²) in [7, 11) is 0. The summed E-state index contributed by atoms with van der Waals surface area (Å²) in [5, 5.41) is 4.04. The van der Waals surface area contributed by atoms with Gasteiger partial charge in [0.1, 0.15) is 11.0 Å². The van der Waals surface area contributed by atoms with Gasteiger partial charge in [-0.05, 0) is 30.0 Å². The standard InChI is InChI=1S/C24H31ClN4O3S/c1-17(2)7-10-26-22(30)19-5-3-18(4-6-19)16-33-23-27-20(25)15-21(28-23)29-11-8-24(9-12-29)31-13-14-32-24/h3-6,15,17H,7-14,16H2,1-2H3,(H,26,30). The second-order valence-electron chi connectivity index (χ2n) is 8.85. The number of ether oxygens (including phenoxy) is 2. The Hall–Kier alpha value is -1.87. The molecule has 0 bridgehead atoms. The first-order chi connectivity index (χ1) is 15.9. The van der Waals surface area contributed by atoms with E-state index in [1.807, 2.05) is 30.3 Å². The van der Waals surface area contributed by atoms with Crippen molar-refractivity contribution in [3.8, 4) is 0 Å². The van der Waals surface area contributed by atoms with Gasteiger partial charge in [0.15, 0.2) is 10.9 Å². The summed E-state index contributed by atoms with van der Waals surface area (Å²) in [4.78, 5) is 23.6. The number of piperidine rings is 1. The van der Waals surface area contributed by atoms with E-state index in [1.54, 1.807) is 0 Å². The van der Waals surface area contributed by atoms with E-state index in [0.29, 0.717) is 47.3 Å². The van der Waals surface area contributed by atoms with Crippen LogP contribution in [0.4, 0.5) is 5.82 Å². The van der Waals surface area contributed by atoms with Crippen LogP contribution in [0.3, 0.4) is 0 Å². The van der Waals surface area contributed by atoms with E-state index in [9.17, 15) is 4.79 Å². The topological polar surface area (TPSA) is 76.6 Å². The molecule has 2 aliphatic heterocycles. The molecule has 1 aromatic carbocycles. The van der Waals surface area contributed by atoms with Crippen LogP contribution in [0.2, 0.25) is 5.15 Å². The number of anilines is 1. The van der Waals surface area contributed by atoms with Crippen molar-refractivity contribution in [1.82, 2.24) is 15.3 Å². The minimum Gasteiger partial charge on any atom is -0.356 e. The van der Waals surface area contributed by atoms with Gasteiger partial charge in [-0.25, -0.2) is 9.97 Å². The smallest absolute Gasteiger partial charge is 0.251 e. The molecule has 0 unspecified atom stereocenters. The lowest BCUT2D eigenvalue weighted by Gasteiger charge is -2.38. The molecule has 178 valence electrons. The van der Waals surface area contributed by atoms with Crippen molar-refractivity contribution in [3.63, 3.8) is 0 Å². The molecule has 1 spiro atoms. The number of nitrogens with one attached hydrogen (secondary N) is 1. The van der Waals surface area contributed by atoms with Crippen LogP contribution < -0.4 is 10.2 Å². The molecule has 7 nitrogen and oxygen atoms in total. The molecule has 2 saturated heterocycles. The van der Waals surface area contributed by atoms with E-state index in [1.165, 1.54) is 11.8 Å². The zero-order valence-corrected chi connectivity index (χ0v) is 20.8. The minimum atomic E-state index is -0.414. The minimum absolute atomic E-state index is 0.0330. The molecule has 33 heavy (non-hydrogen) atoms. The Bertz CT molecular complexity index is 941. The maximum atomic E-state index is 12.3. The number of rotatable bonds is 8. The second kappa shape index (κ2) is 11.0. The fourth-order valence-electron chi connectivity index (χ4n) is 3.95.